The number of para-hydroxylation sites is 1. The van der Waals surface area contributed by atoms with Crippen LogP contribution in [0.25, 0.3) is 84.5 Å². The lowest BCUT2D eigenvalue weighted by atomic mass is 9.96. The lowest BCUT2D eigenvalue weighted by Gasteiger charge is -2.28. The standard InChI is InChI=1S/C52H33NS2/c1-2-16-40-34(12-1)13-10-20-41(40)35-26-29-38(30-27-35)53(39-15-9-14-36(32-39)43-21-11-25-50-52(43)46-19-5-8-24-49(46)54-50)47-22-6-3-17-42(47)37-28-31-45-44-18-4-7-23-48(44)55-51(45)33-37/h1-33H. The van der Waals surface area contributed by atoms with Crippen molar-refractivity contribution in [1.82, 2.24) is 0 Å². The molecule has 0 aliphatic carbocycles. The third-order valence-corrected chi connectivity index (χ3v) is 13.1. The summed E-state index contributed by atoms with van der Waals surface area (Å²) in [6.45, 7) is 0. The first-order chi connectivity index (χ1) is 27.3. The number of anilines is 3. The first kappa shape index (κ1) is 32.0. The predicted molar refractivity (Wildman–Crippen MR) is 241 cm³/mol. The summed E-state index contributed by atoms with van der Waals surface area (Å²) >= 11 is 3.73. The molecule has 0 fully saturated rings. The van der Waals surface area contributed by atoms with Crippen LogP contribution in [0.3, 0.4) is 0 Å². The van der Waals surface area contributed by atoms with E-state index >= 15 is 0 Å². The van der Waals surface area contributed by atoms with Gasteiger partial charge in [-0.1, -0.05) is 146 Å². The molecular formula is C52H33NS2. The molecule has 9 aromatic carbocycles. The summed E-state index contributed by atoms with van der Waals surface area (Å²) < 4.78 is 5.25. The number of benzene rings is 9. The van der Waals surface area contributed by atoms with Gasteiger partial charge in [0.25, 0.3) is 0 Å². The molecule has 2 heterocycles. The van der Waals surface area contributed by atoms with Crippen LogP contribution in [0.5, 0.6) is 0 Å². The number of rotatable bonds is 6. The van der Waals surface area contributed by atoms with E-state index in [1.807, 2.05) is 22.7 Å². The van der Waals surface area contributed by atoms with Crippen LogP contribution < -0.4 is 4.90 Å². The van der Waals surface area contributed by atoms with Crippen LogP contribution in [-0.4, -0.2) is 0 Å². The number of fused-ring (bicyclic) bond motifs is 7. The van der Waals surface area contributed by atoms with E-state index in [9.17, 15) is 0 Å². The Morgan fingerprint density at radius 1 is 0.309 bits per heavy atom. The molecule has 0 bridgehead atoms. The zero-order chi connectivity index (χ0) is 36.3. The maximum Gasteiger partial charge on any atom is 0.0540 e. The molecule has 0 saturated carbocycles. The molecule has 2 aromatic heterocycles. The van der Waals surface area contributed by atoms with Gasteiger partial charge in [-0.05, 0) is 93.2 Å². The van der Waals surface area contributed by atoms with Crippen LogP contribution in [0.2, 0.25) is 0 Å². The molecule has 0 N–H and O–H groups in total. The number of thiophene rings is 2. The van der Waals surface area contributed by atoms with Crippen LogP contribution in [0, 0.1) is 0 Å². The van der Waals surface area contributed by atoms with Crippen molar-refractivity contribution in [3.8, 4) is 33.4 Å². The van der Waals surface area contributed by atoms with Crippen molar-refractivity contribution in [3.63, 3.8) is 0 Å². The van der Waals surface area contributed by atoms with Gasteiger partial charge < -0.3 is 4.90 Å². The SMILES string of the molecule is c1cc(-c2cccc3sc4ccccc4c23)cc(N(c2ccc(-c3cccc4ccccc34)cc2)c2ccccc2-c2ccc3c(c2)sc2ccccc23)c1. The molecule has 0 unspecified atom stereocenters. The Balaban J connectivity index is 1.10. The quantitative estimate of drug-likeness (QED) is 0.164. The van der Waals surface area contributed by atoms with Gasteiger partial charge >= 0.3 is 0 Å². The summed E-state index contributed by atoms with van der Waals surface area (Å²) in [4.78, 5) is 2.44. The van der Waals surface area contributed by atoms with E-state index in [2.05, 4.69) is 205 Å². The average molecular weight is 736 g/mol. The minimum absolute atomic E-state index is 1.11. The van der Waals surface area contributed by atoms with Crippen LogP contribution >= 0.6 is 22.7 Å². The zero-order valence-electron chi connectivity index (χ0n) is 29.8. The summed E-state index contributed by atoms with van der Waals surface area (Å²) in [6, 6.07) is 73.5. The van der Waals surface area contributed by atoms with E-state index in [1.165, 1.54) is 84.5 Å². The van der Waals surface area contributed by atoms with Gasteiger partial charge in [-0.3, -0.25) is 0 Å². The van der Waals surface area contributed by atoms with E-state index < -0.39 is 0 Å². The van der Waals surface area contributed by atoms with Crippen molar-refractivity contribution in [3.05, 3.63) is 200 Å². The van der Waals surface area contributed by atoms with Gasteiger partial charge in [-0.25, -0.2) is 0 Å². The zero-order valence-corrected chi connectivity index (χ0v) is 31.4. The lowest BCUT2D eigenvalue weighted by Crippen LogP contribution is -2.11. The second kappa shape index (κ2) is 13.1. The maximum atomic E-state index is 2.44. The maximum absolute atomic E-state index is 2.44. The Morgan fingerprint density at radius 2 is 0.891 bits per heavy atom. The highest BCUT2D eigenvalue weighted by atomic mass is 32.1. The molecule has 0 aliphatic heterocycles. The Morgan fingerprint density at radius 3 is 1.78 bits per heavy atom. The van der Waals surface area contributed by atoms with E-state index in [0.717, 1.165) is 17.1 Å². The van der Waals surface area contributed by atoms with Crippen molar-refractivity contribution in [2.45, 2.75) is 0 Å². The highest BCUT2D eigenvalue weighted by Gasteiger charge is 2.20. The third-order valence-electron chi connectivity index (χ3n) is 10.9. The highest BCUT2D eigenvalue weighted by Crippen LogP contribution is 2.46. The van der Waals surface area contributed by atoms with Gasteiger partial charge in [-0.15, -0.1) is 22.7 Å². The molecule has 11 rings (SSSR count). The van der Waals surface area contributed by atoms with Crippen molar-refractivity contribution >= 4 is 90.9 Å². The molecule has 0 spiro atoms. The van der Waals surface area contributed by atoms with Crippen molar-refractivity contribution in [1.29, 1.82) is 0 Å². The highest BCUT2D eigenvalue weighted by molar-refractivity contribution is 7.26. The fourth-order valence-corrected chi connectivity index (χ4v) is 10.6. The second-order valence-electron chi connectivity index (χ2n) is 14.1. The average Bonchev–Trinajstić information content (AvgIpc) is 3.82. The minimum atomic E-state index is 1.11. The van der Waals surface area contributed by atoms with Gasteiger partial charge in [0.15, 0.2) is 0 Å². The topological polar surface area (TPSA) is 3.24 Å². The molecule has 0 radical (unpaired) electrons. The van der Waals surface area contributed by atoms with Gasteiger partial charge in [0.05, 0.1) is 5.69 Å². The monoisotopic (exact) mass is 735 g/mol. The van der Waals surface area contributed by atoms with Crippen LogP contribution in [0.15, 0.2) is 200 Å². The predicted octanol–water partition coefficient (Wildman–Crippen LogP) is 16.0. The Hall–Kier alpha value is -6.52. The molecule has 258 valence electrons. The molecule has 0 amide bonds. The third kappa shape index (κ3) is 5.43. The number of hydrogen-bond acceptors (Lipinski definition) is 3. The fourth-order valence-electron chi connectivity index (χ4n) is 8.33. The van der Waals surface area contributed by atoms with Gasteiger partial charge in [0, 0.05) is 57.3 Å². The second-order valence-corrected chi connectivity index (χ2v) is 16.2. The Kier molecular flexibility index (Phi) is 7.61. The summed E-state index contributed by atoms with van der Waals surface area (Å²) in [5.41, 5.74) is 10.7. The number of hydrogen-bond donors (Lipinski definition) is 0. The molecule has 0 atom stereocenters. The van der Waals surface area contributed by atoms with Crippen LogP contribution in [0.1, 0.15) is 0 Å². The van der Waals surface area contributed by atoms with Gasteiger partial charge in [0.2, 0.25) is 0 Å². The van der Waals surface area contributed by atoms with E-state index in [-0.39, 0.29) is 0 Å². The summed E-state index contributed by atoms with van der Waals surface area (Å²) in [5.74, 6) is 0. The lowest BCUT2D eigenvalue weighted by molar-refractivity contribution is 1.28. The van der Waals surface area contributed by atoms with E-state index in [1.54, 1.807) is 0 Å². The smallest absolute Gasteiger partial charge is 0.0540 e. The van der Waals surface area contributed by atoms with Crippen LogP contribution in [0.4, 0.5) is 17.1 Å². The van der Waals surface area contributed by atoms with E-state index in [0.29, 0.717) is 0 Å². The number of nitrogens with zero attached hydrogens (tertiary/aromatic N) is 1. The molecular weight excluding hydrogens is 703 g/mol. The Bertz CT molecular complexity index is 3220. The minimum Gasteiger partial charge on any atom is -0.310 e. The molecule has 1 nitrogen and oxygen atoms in total. The van der Waals surface area contributed by atoms with Crippen molar-refractivity contribution in [2.24, 2.45) is 0 Å². The van der Waals surface area contributed by atoms with Crippen molar-refractivity contribution < 1.29 is 0 Å². The van der Waals surface area contributed by atoms with Gasteiger partial charge in [-0.2, -0.15) is 0 Å². The largest absolute Gasteiger partial charge is 0.310 e. The van der Waals surface area contributed by atoms with E-state index in [4.69, 9.17) is 0 Å². The summed E-state index contributed by atoms with van der Waals surface area (Å²) in [6.07, 6.45) is 0. The molecule has 55 heavy (non-hydrogen) atoms. The normalized spacial score (nSPS) is 11.6. The molecule has 0 saturated heterocycles. The van der Waals surface area contributed by atoms with Crippen LogP contribution in [-0.2, 0) is 0 Å². The first-order valence-corrected chi connectivity index (χ1v) is 20.3. The summed E-state index contributed by atoms with van der Waals surface area (Å²) in [7, 11) is 0. The van der Waals surface area contributed by atoms with Crippen molar-refractivity contribution in [2.75, 3.05) is 4.90 Å². The first-order valence-electron chi connectivity index (χ1n) is 18.7. The molecule has 11 aromatic rings. The molecule has 3 heteroatoms. The molecule has 0 aliphatic rings. The Labute approximate surface area is 327 Å². The summed E-state index contributed by atoms with van der Waals surface area (Å²) in [5, 5.41) is 7.78. The fraction of sp³-hybridized carbons (Fsp3) is 0. The van der Waals surface area contributed by atoms with Gasteiger partial charge in [0.1, 0.15) is 0 Å².